The number of rotatable bonds is 5. The summed E-state index contributed by atoms with van der Waals surface area (Å²) < 4.78 is 5.47. The van der Waals surface area contributed by atoms with E-state index in [4.69, 9.17) is 9.84 Å². The van der Waals surface area contributed by atoms with E-state index in [0.29, 0.717) is 18.4 Å². The van der Waals surface area contributed by atoms with Crippen LogP contribution < -0.4 is 5.32 Å². The number of hydrogen-bond donors (Lipinski definition) is 2. The number of carbonyl (C=O) groups is 4. The van der Waals surface area contributed by atoms with E-state index in [9.17, 15) is 19.2 Å². The van der Waals surface area contributed by atoms with Crippen LogP contribution >= 0.6 is 0 Å². The summed E-state index contributed by atoms with van der Waals surface area (Å²) in [6.45, 7) is 0.850. The van der Waals surface area contributed by atoms with Gasteiger partial charge in [-0.15, -0.1) is 0 Å². The highest BCUT2D eigenvalue weighted by molar-refractivity contribution is 6.22. The SMILES string of the molecule is O=C(O)/C=C/C(=O)Nc1ccc2c(c1)C(=O)N(CC1CCCO1)C2=O. The van der Waals surface area contributed by atoms with Crippen LogP contribution in [0.15, 0.2) is 30.4 Å². The van der Waals surface area contributed by atoms with Crippen LogP contribution in [-0.2, 0) is 14.3 Å². The third-order valence-electron chi connectivity index (χ3n) is 4.03. The first-order valence-corrected chi connectivity index (χ1v) is 7.79. The van der Waals surface area contributed by atoms with Crippen molar-refractivity contribution in [1.29, 1.82) is 0 Å². The summed E-state index contributed by atoms with van der Waals surface area (Å²) in [4.78, 5) is 48.1. The molecule has 25 heavy (non-hydrogen) atoms. The van der Waals surface area contributed by atoms with Crippen molar-refractivity contribution >= 4 is 29.4 Å². The van der Waals surface area contributed by atoms with Crippen molar-refractivity contribution in [3.63, 3.8) is 0 Å². The van der Waals surface area contributed by atoms with Gasteiger partial charge in [-0.25, -0.2) is 4.79 Å². The van der Waals surface area contributed by atoms with Gasteiger partial charge in [0.25, 0.3) is 11.8 Å². The predicted molar refractivity (Wildman–Crippen MR) is 86.2 cm³/mol. The van der Waals surface area contributed by atoms with Crippen LogP contribution in [0.1, 0.15) is 33.6 Å². The molecular weight excluding hydrogens is 328 g/mol. The molecule has 2 N–H and O–H groups in total. The van der Waals surface area contributed by atoms with Gasteiger partial charge in [-0.05, 0) is 31.0 Å². The third-order valence-corrected chi connectivity index (χ3v) is 4.03. The van der Waals surface area contributed by atoms with Crippen molar-refractivity contribution in [2.24, 2.45) is 0 Å². The highest BCUT2D eigenvalue weighted by Crippen LogP contribution is 2.27. The van der Waals surface area contributed by atoms with E-state index in [-0.39, 0.29) is 29.7 Å². The Bertz CT molecular complexity index is 779. The van der Waals surface area contributed by atoms with E-state index < -0.39 is 17.8 Å². The molecule has 1 aromatic carbocycles. The average molecular weight is 344 g/mol. The summed E-state index contributed by atoms with van der Waals surface area (Å²) in [5.74, 6) is -2.68. The number of carboxylic acid groups (broad SMARTS) is 1. The highest BCUT2D eigenvalue weighted by atomic mass is 16.5. The zero-order valence-electron chi connectivity index (χ0n) is 13.2. The van der Waals surface area contributed by atoms with Crippen molar-refractivity contribution in [2.45, 2.75) is 18.9 Å². The monoisotopic (exact) mass is 344 g/mol. The number of nitrogens with zero attached hydrogens (tertiary/aromatic N) is 1. The first kappa shape index (κ1) is 16.8. The first-order valence-electron chi connectivity index (χ1n) is 7.79. The molecule has 0 spiro atoms. The normalized spacial score (nSPS) is 19.5. The number of fused-ring (bicyclic) bond motifs is 1. The quantitative estimate of drug-likeness (QED) is 0.609. The Kier molecular flexibility index (Phi) is 4.62. The molecule has 1 unspecified atom stereocenters. The Labute approximate surface area is 143 Å². The second kappa shape index (κ2) is 6.86. The summed E-state index contributed by atoms with van der Waals surface area (Å²) in [7, 11) is 0. The lowest BCUT2D eigenvalue weighted by molar-refractivity contribution is -0.131. The zero-order chi connectivity index (χ0) is 18.0. The number of carbonyl (C=O) groups excluding carboxylic acids is 3. The standard InChI is InChI=1S/C17H16N2O6/c20-14(5-6-15(21)22)18-10-3-4-12-13(8-10)17(24)19(16(12)23)9-11-2-1-7-25-11/h3-6,8,11H,1-2,7,9H2,(H,18,20)(H,21,22)/b6-5+. The van der Waals surface area contributed by atoms with E-state index in [0.717, 1.165) is 23.8 Å². The van der Waals surface area contributed by atoms with Crippen LogP contribution in [0.5, 0.6) is 0 Å². The average Bonchev–Trinajstić information content (AvgIpc) is 3.16. The maximum Gasteiger partial charge on any atom is 0.328 e. The maximum absolute atomic E-state index is 12.5. The molecule has 3 amide bonds. The Morgan fingerprint density at radius 1 is 1.24 bits per heavy atom. The van der Waals surface area contributed by atoms with Gasteiger partial charge in [0.1, 0.15) is 0 Å². The fourth-order valence-electron chi connectivity index (χ4n) is 2.86. The first-order chi connectivity index (χ1) is 12.0. The zero-order valence-corrected chi connectivity index (χ0v) is 13.2. The molecule has 0 radical (unpaired) electrons. The van der Waals surface area contributed by atoms with Crippen LogP contribution in [0, 0.1) is 0 Å². The van der Waals surface area contributed by atoms with Crippen molar-refractivity contribution in [3.05, 3.63) is 41.5 Å². The number of anilines is 1. The molecule has 1 fully saturated rings. The molecule has 1 saturated heterocycles. The largest absolute Gasteiger partial charge is 0.478 e. The Balaban J connectivity index is 1.74. The van der Waals surface area contributed by atoms with Crippen LogP contribution in [0.25, 0.3) is 0 Å². The molecule has 0 aliphatic carbocycles. The summed E-state index contributed by atoms with van der Waals surface area (Å²) in [6, 6.07) is 4.38. The van der Waals surface area contributed by atoms with Gasteiger partial charge in [0.2, 0.25) is 5.91 Å². The van der Waals surface area contributed by atoms with Crippen molar-refractivity contribution < 1.29 is 29.0 Å². The number of benzene rings is 1. The summed E-state index contributed by atoms with van der Waals surface area (Å²) in [5.41, 5.74) is 0.795. The van der Waals surface area contributed by atoms with Crippen molar-refractivity contribution in [2.75, 3.05) is 18.5 Å². The van der Waals surface area contributed by atoms with Crippen LogP contribution in [0.3, 0.4) is 0 Å². The van der Waals surface area contributed by atoms with E-state index in [1.807, 2.05) is 0 Å². The van der Waals surface area contributed by atoms with E-state index >= 15 is 0 Å². The van der Waals surface area contributed by atoms with E-state index in [2.05, 4.69) is 5.32 Å². The lowest BCUT2D eigenvalue weighted by atomic mass is 10.1. The highest BCUT2D eigenvalue weighted by Gasteiger charge is 2.37. The van der Waals surface area contributed by atoms with Crippen molar-refractivity contribution in [3.8, 4) is 0 Å². The molecule has 8 heteroatoms. The van der Waals surface area contributed by atoms with E-state index in [1.165, 1.54) is 18.2 Å². The second-order valence-electron chi connectivity index (χ2n) is 5.78. The van der Waals surface area contributed by atoms with Gasteiger partial charge in [0, 0.05) is 24.4 Å². The fourth-order valence-corrected chi connectivity index (χ4v) is 2.86. The van der Waals surface area contributed by atoms with Gasteiger partial charge >= 0.3 is 5.97 Å². The Morgan fingerprint density at radius 3 is 2.68 bits per heavy atom. The number of hydrogen-bond acceptors (Lipinski definition) is 5. The van der Waals surface area contributed by atoms with Gasteiger partial charge < -0.3 is 15.2 Å². The molecule has 2 aliphatic rings. The summed E-state index contributed by atoms with van der Waals surface area (Å²) in [6.07, 6.45) is 3.16. The summed E-state index contributed by atoms with van der Waals surface area (Å²) >= 11 is 0. The molecule has 0 bridgehead atoms. The minimum atomic E-state index is -1.24. The lowest BCUT2D eigenvalue weighted by Gasteiger charge is -2.17. The van der Waals surface area contributed by atoms with Crippen molar-refractivity contribution in [1.82, 2.24) is 4.90 Å². The summed E-state index contributed by atoms with van der Waals surface area (Å²) in [5, 5.41) is 11.0. The molecular formula is C17H16N2O6. The van der Waals surface area contributed by atoms with Crippen LogP contribution in [-0.4, -0.2) is 53.0 Å². The molecule has 3 rings (SSSR count). The molecule has 0 aromatic heterocycles. The Morgan fingerprint density at radius 2 is 2.00 bits per heavy atom. The minimum Gasteiger partial charge on any atom is -0.478 e. The molecule has 2 aliphatic heterocycles. The molecule has 0 saturated carbocycles. The topological polar surface area (TPSA) is 113 Å². The van der Waals surface area contributed by atoms with Crippen LogP contribution in [0.2, 0.25) is 0 Å². The molecule has 1 aromatic rings. The molecule has 130 valence electrons. The number of amides is 3. The Hall–Kier alpha value is -3.00. The van der Waals surface area contributed by atoms with Gasteiger partial charge in [-0.1, -0.05) is 0 Å². The number of carboxylic acids is 1. The number of ether oxygens (including phenoxy) is 1. The molecule has 1 atom stereocenters. The predicted octanol–water partition coefficient (Wildman–Crippen LogP) is 1.04. The second-order valence-corrected chi connectivity index (χ2v) is 5.78. The van der Waals surface area contributed by atoms with Gasteiger partial charge in [0.05, 0.1) is 23.8 Å². The van der Waals surface area contributed by atoms with E-state index in [1.54, 1.807) is 0 Å². The number of nitrogens with one attached hydrogen (secondary N) is 1. The minimum absolute atomic E-state index is 0.137. The van der Waals surface area contributed by atoms with Crippen LogP contribution in [0.4, 0.5) is 5.69 Å². The van der Waals surface area contributed by atoms with Gasteiger partial charge in [0.15, 0.2) is 0 Å². The lowest BCUT2D eigenvalue weighted by Crippen LogP contribution is -2.36. The van der Waals surface area contributed by atoms with Gasteiger partial charge in [-0.3, -0.25) is 19.3 Å². The third kappa shape index (κ3) is 3.58. The molecule has 8 nitrogen and oxygen atoms in total. The fraction of sp³-hybridized carbons (Fsp3) is 0.294. The maximum atomic E-state index is 12.5. The number of imide groups is 1. The van der Waals surface area contributed by atoms with Gasteiger partial charge in [-0.2, -0.15) is 0 Å². The number of aliphatic carboxylic acids is 1. The molecule has 2 heterocycles. The smallest absolute Gasteiger partial charge is 0.328 e.